The average Bonchev–Trinajstić information content (AvgIpc) is 2.76. The molecular weight excluding hydrogens is 294 g/mol. The van der Waals surface area contributed by atoms with Crippen LogP contribution in [-0.2, 0) is 4.74 Å². The van der Waals surface area contributed by atoms with Gasteiger partial charge in [0.2, 0.25) is 0 Å². The molecule has 0 atom stereocenters. The monoisotopic (exact) mass is 309 g/mol. The Balaban J connectivity index is 2.09. The van der Waals surface area contributed by atoms with E-state index < -0.39 is 0 Å². The van der Waals surface area contributed by atoms with Crippen LogP contribution in [0.2, 0.25) is 0 Å². The highest BCUT2D eigenvalue weighted by Crippen LogP contribution is 2.30. The predicted molar refractivity (Wildman–Crippen MR) is 75.2 cm³/mol. The van der Waals surface area contributed by atoms with Gasteiger partial charge in [0.15, 0.2) is 0 Å². The maximum absolute atomic E-state index is 5.42. The Kier molecular flexibility index (Phi) is 3.26. The zero-order chi connectivity index (χ0) is 12.5. The van der Waals surface area contributed by atoms with Crippen molar-refractivity contribution >= 4 is 27.1 Å². The fourth-order valence-corrected chi connectivity index (χ4v) is 2.97. The third kappa shape index (κ3) is 2.01. The Morgan fingerprint density at radius 1 is 1.39 bits per heavy atom. The van der Waals surface area contributed by atoms with Crippen molar-refractivity contribution in [2.45, 2.75) is 18.8 Å². The molecule has 18 heavy (non-hydrogen) atoms. The van der Waals surface area contributed by atoms with E-state index in [-0.39, 0.29) is 0 Å². The molecule has 4 nitrogen and oxygen atoms in total. The molecule has 0 spiro atoms. The number of nitrogens with zero attached hydrogens (tertiary/aromatic N) is 2. The molecule has 1 fully saturated rings. The van der Waals surface area contributed by atoms with E-state index in [1.54, 1.807) is 0 Å². The molecule has 0 amide bonds. The van der Waals surface area contributed by atoms with Crippen LogP contribution in [-0.4, -0.2) is 29.6 Å². The molecule has 0 aromatic carbocycles. The first kappa shape index (κ1) is 12.0. The summed E-state index contributed by atoms with van der Waals surface area (Å²) in [5.41, 5.74) is 2.22. The van der Waals surface area contributed by atoms with Crippen molar-refractivity contribution in [3.05, 3.63) is 28.8 Å². The van der Waals surface area contributed by atoms with E-state index in [9.17, 15) is 0 Å². The maximum Gasteiger partial charge on any atom is 0.132 e. The van der Waals surface area contributed by atoms with Crippen molar-refractivity contribution in [3.8, 4) is 0 Å². The minimum atomic E-state index is 0.490. The van der Waals surface area contributed by atoms with Gasteiger partial charge in [0.05, 0.1) is 11.2 Å². The molecule has 5 heteroatoms. The molecule has 3 heterocycles. The zero-order valence-corrected chi connectivity index (χ0v) is 11.9. The summed E-state index contributed by atoms with van der Waals surface area (Å²) in [6, 6.07) is 4.15. The summed E-state index contributed by atoms with van der Waals surface area (Å²) < 4.78 is 8.53. The molecule has 0 aliphatic carbocycles. The summed E-state index contributed by atoms with van der Waals surface area (Å²) in [6.07, 6.45) is 4.21. The van der Waals surface area contributed by atoms with Gasteiger partial charge in [-0.15, -0.1) is 0 Å². The number of imidazole rings is 1. The summed E-state index contributed by atoms with van der Waals surface area (Å²) in [5.74, 6) is 1.63. The topological polar surface area (TPSA) is 38.6 Å². The van der Waals surface area contributed by atoms with Crippen LogP contribution in [0.1, 0.15) is 24.6 Å². The minimum absolute atomic E-state index is 0.490. The van der Waals surface area contributed by atoms with Crippen LogP contribution in [0.4, 0.5) is 5.69 Å². The summed E-state index contributed by atoms with van der Waals surface area (Å²) in [5, 5.41) is 3.17. The lowest BCUT2D eigenvalue weighted by Gasteiger charge is -2.21. The highest BCUT2D eigenvalue weighted by atomic mass is 79.9. The molecule has 2 aromatic heterocycles. The molecule has 2 aromatic rings. The van der Waals surface area contributed by atoms with Crippen LogP contribution < -0.4 is 5.32 Å². The zero-order valence-electron chi connectivity index (χ0n) is 10.3. The first-order valence-electron chi connectivity index (χ1n) is 6.22. The fraction of sp³-hybridized carbons (Fsp3) is 0.462. The van der Waals surface area contributed by atoms with Gasteiger partial charge in [-0.3, -0.25) is 0 Å². The number of hydrogen-bond acceptors (Lipinski definition) is 3. The second-order valence-electron chi connectivity index (χ2n) is 4.57. The van der Waals surface area contributed by atoms with Gasteiger partial charge in [-0.1, -0.05) is 0 Å². The van der Waals surface area contributed by atoms with Gasteiger partial charge < -0.3 is 14.5 Å². The predicted octanol–water partition coefficient (Wildman–Crippen LogP) is 3.03. The number of hydrogen-bond donors (Lipinski definition) is 1. The van der Waals surface area contributed by atoms with Crippen molar-refractivity contribution in [3.63, 3.8) is 0 Å². The molecule has 0 saturated carbocycles. The Bertz CT molecular complexity index is 561. The van der Waals surface area contributed by atoms with Crippen molar-refractivity contribution in [1.29, 1.82) is 0 Å². The van der Waals surface area contributed by atoms with Crippen molar-refractivity contribution in [1.82, 2.24) is 9.38 Å². The summed E-state index contributed by atoms with van der Waals surface area (Å²) in [7, 11) is 1.93. The van der Waals surface area contributed by atoms with Gasteiger partial charge in [-0.25, -0.2) is 4.98 Å². The Morgan fingerprint density at radius 2 is 2.17 bits per heavy atom. The van der Waals surface area contributed by atoms with Crippen LogP contribution in [0.25, 0.3) is 5.52 Å². The maximum atomic E-state index is 5.42. The Hall–Kier alpha value is -1.07. The SMILES string of the molecule is CNc1ccc2c(Br)nc(C3CCOCC3)n2c1. The highest BCUT2D eigenvalue weighted by molar-refractivity contribution is 9.10. The van der Waals surface area contributed by atoms with Gasteiger partial charge in [0, 0.05) is 32.4 Å². The highest BCUT2D eigenvalue weighted by Gasteiger charge is 2.21. The summed E-state index contributed by atoms with van der Waals surface area (Å²) in [4.78, 5) is 4.69. The van der Waals surface area contributed by atoms with Crippen molar-refractivity contribution < 1.29 is 4.74 Å². The van der Waals surface area contributed by atoms with E-state index in [1.807, 2.05) is 7.05 Å². The van der Waals surface area contributed by atoms with E-state index in [0.717, 1.165) is 47.7 Å². The number of pyridine rings is 1. The normalized spacial score (nSPS) is 17.2. The van der Waals surface area contributed by atoms with Crippen LogP contribution in [0.15, 0.2) is 22.9 Å². The molecule has 1 aliphatic heterocycles. The molecule has 96 valence electrons. The number of aromatic nitrogens is 2. The third-order valence-electron chi connectivity index (χ3n) is 3.49. The average molecular weight is 310 g/mol. The second-order valence-corrected chi connectivity index (χ2v) is 5.32. The first-order chi connectivity index (χ1) is 8.79. The third-order valence-corrected chi connectivity index (χ3v) is 4.08. The molecule has 1 aliphatic rings. The minimum Gasteiger partial charge on any atom is -0.387 e. The first-order valence-corrected chi connectivity index (χ1v) is 7.02. The number of nitrogens with one attached hydrogen (secondary N) is 1. The molecule has 0 radical (unpaired) electrons. The fourth-order valence-electron chi connectivity index (χ4n) is 2.46. The van der Waals surface area contributed by atoms with Gasteiger partial charge in [0.1, 0.15) is 10.4 Å². The van der Waals surface area contributed by atoms with E-state index in [1.165, 1.54) is 0 Å². The van der Waals surface area contributed by atoms with E-state index in [4.69, 9.17) is 4.74 Å². The van der Waals surface area contributed by atoms with E-state index in [0.29, 0.717) is 5.92 Å². The second kappa shape index (κ2) is 4.90. The molecule has 3 rings (SSSR count). The number of ether oxygens (including phenoxy) is 1. The Morgan fingerprint density at radius 3 is 2.89 bits per heavy atom. The van der Waals surface area contributed by atoms with Gasteiger partial charge >= 0.3 is 0 Å². The lowest BCUT2D eigenvalue weighted by molar-refractivity contribution is 0.0835. The Labute approximate surface area is 114 Å². The van der Waals surface area contributed by atoms with E-state index in [2.05, 4.69) is 49.0 Å². The van der Waals surface area contributed by atoms with Crippen molar-refractivity contribution in [2.24, 2.45) is 0 Å². The van der Waals surface area contributed by atoms with Crippen LogP contribution >= 0.6 is 15.9 Å². The van der Waals surface area contributed by atoms with Crippen LogP contribution in [0.3, 0.4) is 0 Å². The number of fused-ring (bicyclic) bond motifs is 1. The van der Waals surface area contributed by atoms with E-state index >= 15 is 0 Å². The quantitative estimate of drug-likeness (QED) is 0.926. The molecule has 1 saturated heterocycles. The number of halogens is 1. The lowest BCUT2D eigenvalue weighted by atomic mass is 10.00. The number of rotatable bonds is 2. The smallest absolute Gasteiger partial charge is 0.132 e. The van der Waals surface area contributed by atoms with Gasteiger partial charge in [-0.2, -0.15) is 0 Å². The molecular formula is C13H16BrN3O. The van der Waals surface area contributed by atoms with Crippen LogP contribution in [0, 0.1) is 0 Å². The standard InChI is InChI=1S/C13H16BrN3O/c1-15-10-2-3-11-12(14)16-13(17(11)8-10)9-4-6-18-7-5-9/h2-3,8-9,15H,4-7H2,1H3. The molecule has 1 N–H and O–H groups in total. The number of anilines is 1. The van der Waals surface area contributed by atoms with Crippen LogP contribution in [0.5, 0.6) is 0 Å². The van der Waals surface area contributed by atoms with Gasteiger partial charge in [0.25, 0.3) is 0 Å². The van der Waals surface area contributed by atoms with Crippen molar-refractivity contribution in [2.75, 3.05) is 25.6 Å². The summed E-state index contributed by atoms with van der Waals surface area (Å²) >= 11 is 3.55. The molecule has 0 bridgehead atoms. The summed E-state index contributed by atoms with van der Waals surface area (Å²) in [6.45, 7) is 1.67. The lowest BCUT2D eigenvalue weighted by Crippen LogP contribution is -2.16. The van der Waals surface area contributed by atoms with Gasteiger partial charge in [-0.05, 0) is 40.9 Å². The molecule has 0 unspecified atom stereocenters. The largest absolute Gasteiger partial charge is 0.387 e.